The Labute approximate surface area is 94.4 Å². The zero-order valence-corrected chi connectivity index (χ0v) is 8.44. The Morgan fingerprint density at radius 1 is 1.35 bits per heavy atom. The van der Waals surface area contributed by atoms with Gasteiger partial charge >= 0.3 is 6.18 Å². The Hall–Kier alpha value is -2.03. The summed E-state index contributed by atoms with van der Waals surface area (Å²) in [6, 6.07) is 1.88. The van der Waals surface area contributed by atoms with Gasteiger partial charge in [0.25, 0.3) is 0 Å². The van der Waals surface area contributed by atoms with Gasteiger partial charge in [-0.3, -0.25) is 4.79 Å². The molecule has 1 amide bonds. The van der Waals surface area contributed by atoms with Crippen LogP contribution in [-0.2, 0) is 11.0 Å². The molecule has 0 spiro atoms. The van der Waals surface area contributed by atoms with E-state index in [2.05, 4.69) is 11.8 Å². The van der Waals surface area contributed by atoms with Gasteiger partial charge in [-0.1, -0.05) is 11.8 Å². The molecule has 0 atom stereocenters. The van der Waals surface area contributed by atoms with Gasteiger partial charge in [-0.2, -0.15) is 13.2 Å². The minimum Gasteiger partial charge on any atom is -0.369 e. The number of primary amides is 1. The van der Waals surface area contributed by atoms with E-state index >= 15 is 0 Å². The van der Waals surface area contributed by atoms with Crippen molar-refractivity contribution in [2.75, 3.05) is 0 Å². The van der Waals surface area contributed by atoms with Gasteiger partial charge in [0.2, 0.25) is 5.91 Å². The van der Waals surface area contributed by atoms with Crippen molar-refractivity contribution in [1.29, 1.82) is 0 Å². The fraction of sp³-hybridized carbons (Fsp3) is 0.182. The third-order valence-corrected chi connectivity index (χ3v) is 1.78. The van der Waals surface area contributed by atoms with E-state index in [1.165, 1.54) is 0 Å². The number of benzene rings is 1. The molecule has 2 N–H and O–H groups in total. The van der Waals surface area contributed by atoms with Crippen LogP contribution < -0.4 is 5.73 Å². The van der Waals surface area contributed by atoms with Gasteiger partial charge in [-0.15, -0.1) is 0 Å². The van der Waals surface area contributed by atoms with Crippen LogP contribution in [-0.4, -0.2) is 5.91 Å². The first-order valence-corrected chi connectivity index (χ1v) is 4.44. The number of nitrogens with two attached hydrogens (primary N) is 1. The minimum absolute atomic E-state index is 0.338. The first-order valence-electron chi connectivity index (χ1n) is 4.44. The maximum absolute atomic E-state index is 13.1. The van der Waals surface area contributed by atoms with Crippen molar-refractivity contribution >= 4 is 5.91 Å². The first kappa shape index (κ1) is 13.0. The van der Waals surface area contributed by atoms with Gasteiger partial charge in [0.15, 0.2) is 0 Å². The van der Waals surface area contributed by atoms with Gasteiger partial charge in [-0.05, 0) is 18.2 Å². The van der Waals surface area contributed by atoms with E-state index in [-0.39, 0.29) is 6.42 Å². The van der Waals surface area contributed by atoms with E-state index in [9.17, 15) is 22.4 Å². The van der Waals surface area contributed by atoms with Gasteiger partial charge in [0, 0.05) is 0 Å². The maximum Gasteiger partial charge on any atom is 0.416 e. The zero-order valence-electron chi connectivity index (χ0n) is 8.44. The molecule has 0 aliphatic carbocycles. The fourth-order valence-corrected chi connectivity index (χ4v) is 1.02. The summed E-state index contributed by atoms with van der Waals surface area (Å²) in [5.41, 5.74) is 3.37. The highest BCUT2D eigenvalue weighted by Gasteiger charge is 2.30. The predicted octanol–water partition coefficient (Wildman–Crippen LogP) is 2.07. The topological polar surface area (TPSA) is 43.1 Å². The molecule has 0 saturated carbocycles. The van der Waals surface area contributed by atoms with Crippen LogP contribution in [0.5, 0.6) is 0 Å². The van der Waals surface area contributed by atoms with E-state index in [0.29, 0.717) is 18.2 Å². The Balaban J connectivity index is 3.06. The van der Waals surface area contributed by atoms with E-state index in [1.54, 1.807) is 0 Å². The molecule has 1 aromatic carbocycles. The molecule has 0 heterocycles. The second-order valence-electron chi connectivity index (χ2n) is 3.14. The first-order chi connectivity index (χ1) is 7.80. The molecule has 2 nitrogen and oxygen atoms in total. The van der Waals surface area contributed by atoms with Gasteiger partial charge < -0.3 is 5.73 Å². The second-order valence-corrected chi connectivity index (χ2v) is 3.14. The standard InChI is InChI=1S/C11H7F4NO/c12-9-5-4-8(11(13,14)15)6-7(9)2-1-3-10(16)17/h4-6H,3H2,(H2,16,17). The Morgan fingerprint density at radius 2 is 2.00 bits per heavy atom. The summed E-state index contributed by atoms with van der Waals surface area (Å²) < 4.78 is 50.0. The molecule has 1 rings (SSSR count). The van der Waals surface area contributed by atoms with Crippen molar-refractivity contribution in [2.45, 2.75) is 12.6 Å². The van der Waals surface area contributed by atoms with Crippen LogP contribution in [0.2, 0.25) is 0 Å². The molecule has 17 heavy (non-hydrogen) atoms. The lowest BCUT2D eigenvalue weighted by Gasteiger charge is -2.06. The van der Waals surface area contributed by atoms with Crippen molar-refractivity contribution in [1.82, 2.24) is 0 Å². The molecule has 0 unspecified atom stereocenters. The molecule has 0 aliphatic heterocycles. The third kappa shape index (κ3) is 3.79. The average Bonchev–Trinajstić information content (AvgIpc) is 2.18. The average molecular weight is 245 g/mol. The van der Waals surface area contributed by atoms with Crippen molar-refractivity contribution in [2.24, 2.45) is 5.73 Å². The lowest BCUT2D eigenvalue weighted by molar-refractivity contribution is -0.137. The van der Waals surface area contributed by atoms with Gasteiger partial charge in [0.05, 0.1) is 17.5 Å². The van der Waals surface area contributed by atoms with Crippen LogP contribution in [0, 0.1) is 17.7 Å². The lowest BCUT2D eigenvalue weighted by Crippen LogP contribution is -2.08. The number of rotatable bonds is 1. The molecule has 0 aromatic heterocycles. The summed E-state index contributed by atoms with van der Waals surface area (Å²) in [6.07, 6.45) is -4.90. The molecular weight excluding hydrogens is 238 g/mol. The molecule has 0 radical (unpaired) electrons. The smallest absolute Gasteiger partial charge is 0.369 e. The lowest BCUT2D eigenvalue weighted by atomic mass is 10.1. The summed E-state index contributed by atoms with van der Waals surface area (Å²) in [5, 5.41) is 0. The summed E-state index contributed by atoms with van der Waals surface area (Å²) in [5.74, 6) is 2.71. The molecule has 1 aromatic rings. The highest BCUT2D eigenvalue weighted by Crippen LogP contribution is 2.30. The molecule has 0 bridgehead atoms. The van der Waals surface area contributed by atoms with Crippen LogP contribution in [0.25, 0.3) is 0 Å². The number of amides is 1. The summed E-state index contributed by atoms with van der Waals surface area (Å²) >= 11 is 0. The van der Waals surface area contributed by atoms with E-state index < -0.39 is 29.0 Å². The van der Waals surface area contributed by atoms with E-state index in [4.69, 9.17) is 5.73 Å². The normalized spacial score (nSPS) is 10.6. The minimum atomic E-state index is -4.56. The Kier molecular flexibility index (Phi) is 3.73. The fourth-order valence-electron chi connectivity index (χ4n) is 1.02. The molecule has 0 saturated heterocycles. The van der Waals surface area contributed by atoms with Crippen LogP contribution in [0.3, 0.4) is 0 Å². The Morgan fingerprint density at radius 3 is 2.53 bits per heavy atom. The van der Waals surface area contributed by atoms with Crippen molar-refractivity contribution in [3.8, 4) is 11.8 Å². The largest absolute Gasteiger partial charge is 0.416 e. The molecule has 0 aliphatic rings. The summed E-state index contributed by atoms with van der Waals surface area (Å²) in [7, 11) is 0. The van der Waals surface area contributed by atoms with Crippen LogP contribution in [0.4, 0.5) is 17.6 Å². The van der Waals surface area contributed by atoms with Crippen molar-refractivity contribution < 1.29 is 22.4 Å². The number of halogens is 4. The number of hydrogen-bond acceptors (Lipinski definition) is 1. The van der Waals surface area contributed by atoms with Gasteiger partial charge in [-0.25, -0.2) is 4.39 Å². The number of carbonyl (C=O) groups is 1. The molecule has 6 heteroatoms. The van der Waals surface area contributed by atoms with Crippen LogP contribution in [0.15, 0.2) is 18.2 Å². The highest BCUT2D eigenvalue weighted by molar-refractivity contribution is 5.76. The summed E-state index contributed by atoms with van der Waals surface area (Å²) in [4.78, 5) is 10.3. The molecule has 0 fully saturated rings. The quantitative estimate of drug-likeness (QED) is 0.597. The maximum atomic E-state index is 13.1. The monoisotopic (exact) mass is 245 g/mol. The molecule has 90 valence electrons. The number of hydrogen-bond donors (Lipinski definition) is 1. The molecular formula is C11H7F4NO. The van der Waals surface area contributed by atoms with E-state index in [0.717, 1.165) is 0 Å². The van der Waals surface area contributed by atoms with E-state index in [1.807, 2.05) is 0 Å². The van der Waals surface area contributed by atoms with Crippen LogP contribution >= 0.6 is 0 Å². The number of carbonyl (C=O) groups excluding carboxylic acids is 1. The Bertz CT molecular complexity index is 496. The zero-order chi connectivity index (χ0) is 13.1. The van der Waals surface area contributed by atoms with Gasteiger partial charge in [0.1, 0.15) is 5.82 Å². The summed E-state index contributed by atoms with van der Waals surface area (Å²) in [6.45, 7) is 0. The third-order valence-electron chi connectivity index (χ3n) is 1.78. The predicted molar refractivity (Wildman–Crippen MR) is 52.1 cm³/mol. The number of alkyl halides is 3. The second kappa shape index (κ2) is 4.87. The SMILES string of the molecule is NC(=O)CC#Cc1cc(C(F)(F)F)ccc1F. The van der Waals surface area contributed by atoms with Crippen LogP contribution in [0.1, 0.15) is 17.5 Å². The van der Waals surface area contributed by atoms with Crippen molar-refractivity contribution in [3.63, 3.8) is 0 Å². The highest BCUT2D eigenvalue weighted by atomic mass is 19.4. The van der Waals surface area contributed by atoms with Crippen molar-refractivity contribution in [3.05, 3.63) is 35.1 Å².